The minimum Gasteiger partial charge on any atom is -1.00 e. The molecule has 0 radical (unpaired) electrons. The first-order valence-corrected chi connectivity index (χ1v) is 4.44. The monoisotopic (exact) mass is 212 g/mol. The van der Waals surface area contributed by atoms with E-state index in [1.54, 1.807) is 0 Å². The van der Waals surface area contributed by atoms with Crippen molar-refractivity contribution in [2.75, 3.05) is 0 Å². The van der Waals surface area contributed by atoms with Crippen LogP contribution in [-0.4, -0.2) is 5.11 Å². The summed E-state index contributed by atoms with van der Waals surface area (Å²) in [6.07, 6.45) is 2.26. The van der Waals surface area contributed by atoms with Gasteiger partial charge in [0.1, 0.15) is 5.75 Å². The van der Waals surface area contributed by atoms with Crippen molar-refractivity contribution in [1.29, 1.82) is 0 Å². The molecule has 3 heteroatoms. The van der Waals surface area contributed by atoms with Crippen LogP contribution in [0.1, 0.15) is 32.9 Å². The van der Waals surface area contributed by atoms with Gasteiger partial charge < -0.3 is 7.96 Å². The summed E-state index contributed by atoms with van der Waals surface area (Å²) in [5.41, 5.74) is 3.29. The smallest absolute Gasteiger partial charge is 1.00 e. The predicted octanol–water partition coefficient (Wildman–Crippen LogP) is -2.81. The first-order chi connectivity index (χ1) is 5.65. The van der Waals surface area contributed by atoms with Crippen molar-refractivity contribution in [2.45, 2.75) is 33.6 Å². The number of hydrogen-bond acceptors (Lipinski definition) is 1. The van der Waals surface area contributed by atoms with E-state index >= 15 is 0 Å². The van der Waals surface area contributed by atoms with Crippen LogP contribution in [0.2, 0.25) is 0 Å². The summed E-state index contributed by atoms with van der Waals surface area (Å²) in [7, 11) is 0. The van der Waals surface area contributed by atoms with Crippen LogP contribution in [0.15, 0.2) is 12.1 Å². The predicted molar refractivity (Wildman–Crippen MR) is 53.8 cm³/mol. The van der Waals surface area contributed by atoms with E-state index in [1.165, 1.54) is 5.56 Å². The van der Waals surface area contributed by atoms with Crippen molar-refractivity contribution in [3.8, 4) is 5.75 Å². The molecule has 0 saturated heterocycles. The van der Waals surface area contributed by atoms with Crippen LogP contribution in [-0.2, 0) is 6.42 Å². The number of aromatic hydroxyl groups is 1. The van der Waals surface area contributed by atoms with Crippen molar-refractivity contribution in [3.05, 3.63) is 28.8 Å². The van der Waals surface area contributed by atoms with Gasteiger partial charge in [0.25, 0.3) is 0 Å². The normalized spacial score (nSPS) is 8.79. The Morgan fingerprint density at radius 1 is 1.14 bits per heavy atom. The van der Waals surface area contributed by atoms with E-state index in [-0.39, 0.29) is 62.0 Å². The molecule has 14 heavy (non-hydrogen) atoms. The van der Waals surface area contributed by atoms with Crippen molar-refractivity contribution >= 4 is 0 Å². The van der Waals surface area contributed by atoms with Crippen molar-refractivity contribution in [2.24, 2.45) is 0 Å². The van der Waals surface area contributed by atoms with E-state index in [0.717, 1.165) is 24.0 Å². The van der Waals surface area contributed by atoms with Crippen LogP contribution in [0.4, 0.5) is 0 Å². The number of phenols is 1. The third-order valence-corrected chi connectivity index (χ3v) is 2.09. The van der Waals surface area contributed by atoms with E-state index < -0.39 is 0 Å². The second-order valence-electron chi connectivity index (χ2n) is 3.33. The van der Waals surface area contributed by atoms with E-state index in [4.69, 9.17) is 0 Å². The molecule has 0 unspecified atom stereocenters. The van der Waals surface area contributed by atoms with Gasteiger partial charge in [0.15, 0.2) is 0 Å². The third-order valence-electron chi connectivity index (χ3n) is 2.09. The zero-order chi connectivity index (χ0) is 9.14. The van der Waals surface area contributed by atoms with Crippen molar-refractivity contribution in [3.63, 3.8) is 0 Å². The molecule has 1 nitrogen and oxygen atoms in total. The van der Waals surface area contributed by atoms with Gasteiger partial charge in [0.2, 0.25) is 0 Å². The third kappa shape index (κ3) is 4.69. The fourth-order valence-electron chi connectivity index (χ4n) is 1.48. The summed E-state index contributed by atoms with van der Waals surface area (Å²) in [6, 6.07) is 4.12. The number of hydrogen-bond donors (Lipinski definition) is 1. The fourth-order valence-corrected chi connectivity index (χ4v) is 1.48. The van der Waals surface area contributed by atoms with Crippen LogP contribution in [0.5, 0.6) is 5.75 Å². The topological polar surface area (TPSA) is 20.2 Å². The van der Waals surface area contributed by atoms with Gasteiger partial charge in [0.05, 0.1) is 0 Å². The van der Waals surface area contributed by atoms with E-state index in [1.807, 2.05) is 13.8 Å². The van der Waals surface area contributed by atoms with E-state index in [0.29, 0.717) is 5.75 Å². The second kappa shape index (κ2) is 8.20. The maximum Gasteiger partial charge on any atom is 1.00 e. The quantitative estimate of drug-likeness (QED) is 0.525. The van der Waals surface area contributed by atoms with Crippen LogP contribution < -0.4 is 59.1 Å². The Morgan fingerprint density at radius 2 is 1.57 bits per heavy atom. The summed E-state index contributed by atoms with van der Waals surface area (Å²) in [5.74, 6) is 0.440. The van der Waals surface area contributed by atoms with Gasteiger partial charge in [0, 0.05) is 0 Å². The molecule has 0 spiro atoms. The van der Waals surface area contributed by atoms with Gasteiger partial charge in [-0.05, 0) is 37.0 Å². The summed E-state index contributed by atoms with van der Waals surface area (Å²) in [4.78, 5) is 0. The molecule has 0 aliphatic rings. The number of rotatable bonds is 2. The molecule has 0 heterocycles. The number of benzene rings is 1. The Balaban J connectivity index is -0.000000180. The molecule has 0 aromatic heterocycles. The second-order valence-corrected chi connectivity index (χ2v) is 3.33. The molecule has 1 N–H and O–H groups in total. The molecule has 0 bridgehead atoms. The number of phenolic OH excluding ortho intramolecular Hbond substituents is 1. The molecular weight excluding hydrogens is 194 g/mol. The maximum absolute atomic E-state index is 9.50. The average molecular weight is 212 g/mol. The fraction of sp³-hybridized carbons (Fsp3) is 0.455. The summed E-state index contributed by atoms with van der Waals surface area (Å²) >= 11 is 0. The van der Waals surface area contributed by atoms with E-state index in [2.05, 4.69) is 19.1 Å². The summed E-state index contributed by atoms with van der Waals surface area (Å²) < 4.78 is 0. The van der Waals surface area contributed by atoms with Crippen LogP contribution in [0.25, 0.3) is 0 Å². The van der Waals surface area contributed by atoms with Gasteiger partial charge in [-0.3, -0.25) is 0 Å². The molecule has 0 saturated carbocycles. The average Bonchev–Trinajstić information content (AvgIpc) is 2.01. The van der Waals surface area contributed by atoms with E-state index in [9.17, 15) is 5.11 Å². The molecule has 1 aromatic carbocycles. The van der Waals surface area contributed by atoms with Gasteiger partial charge in [-0.1, -0.05) is 25.5 Å². The molecule has 0 aliphatic carbocycles. The standard InChI is InChI=1S/C11H16O.2Na.2H/c1-4-5-10-6-8(2)11(12)9(3)7-10;;;;/h6-7,12H,4-5H2,1-3H3;;;;/q;2*+1;2*-1. The van der Waals surface area contributed by atoms with Gasteiger partial charge in [-0.2, -0.15) is 0 Å². The summed E-state index contributed by atoms with van der Waals surface area (Å²) in [5, 5.41) is 9.50. The van der Waals surface area contributed by atoms with Crippen LogP contribution in [0.3, 0.4) is 0 Å². The van der Waals surface area contributed by atoms with Gasteiger partial charge >= 0.3 is 59.1 Å². The molecule has 1 aromatic rings. The zero-order valence-corrected chi connectivity index (χ0v) is 14.0. The molecule has 70 valence electrons. The largest absolute Gasteiger partial charge is 1.00 e. The Kier molecular flexibility index (Phi) is 10.2. The molecule has 0 amide bonds. The number of aryl methyl sites for hydroxylation is 3. The first kappa shape index (κ1) is 17.4. The van der Waals surface area contributed by atoms with Gasteiger partial charge in [-0.15, -0.1) is 0 Å². The molecule has 0 fully saturated rings. The maximum atomic E-state index is 9.50. The Bertz CT molecular complexity index is 270. The Labute approximate surface area is 134 Å². The Morgan fingerprint density at radius 3 is 1.93 bits per heavy atom. The summed E-state index contributed by atoms with van der Waals surface area (Å²) in [6.45, 7) is 6.06. The zero-order valence-electron chi connectivity index (χ0n) is 12.0. The minimum absolute atomic E-state index is 0. The van der Waals surface area contributed by atoms with Crippen molar-refractivity contribution < 1.29 is 67.1 Å². The molecular formula is C11H18Na2O. The molecule has 0 aliphatic heterocycles. The Hall–Kier alpha value is 1.02. The van der Waals surface area contributed by atoms with Crippen molar-refractivity contribution in [1.82, 2.24) is 0 Å². The van der Waals surface area contributed by atoms with Crippen LogP contribution in [0, 0.1) is 13.8 Å². The molecule has 0 atom stereocenters. The van der Waals surface area contributed by atoms with Gasteiger partial charge in [-0.25, -0.2) is 0 Å². The first-order valence-electron chi connectivity index (χ1n) is 4.44. The van der Waals surface area contributed by atoms with Crippen LogP contribution >= 0.6 is 0 Å². The SMILES string of the molecule is CCCc1cc(C)c(O)c(C)c1.[H-].[H-].[Na+].[Na+]. The molecule has 1 rings (SSSR count). The minimum atomic E-state index is 0.